The van der Waals surface area contributed by atoms with E-state index < -0.39 is 10.9 Å². The molecule has 120 valence electrons. The Bertz CT molecular complexity index is 901. The van der Waals surface area contributed by atoms with Crippen LogP contribution in [0.5, 0.6) is 0 Å². The highest BCUT2D eigenvalue weighted by Crippen LogP contribution is 2.24. The molecule has 6 nitrogen and oxygen atoms in total. The monoisotopic (exact) mass is 342 g/mol. The number of nitrogens with zero attached hydrogens (tertiary/aromatic N) is 2. The molecule has 2 aromatic carbocycles. The van der Waals surface area contributed by atoms with Crippen LogP contribution in [0.4, 0.5) is 5.69 Å². The molecule has 1 aliphatic rings. The van der Waals surface area contributed by atoms with Crippen LogP contribution in [0, 0.1) is 17.0 Å². The standard InChI is InChI=1S/C17H11ClN2O4/c1-10-2-5-12(9-15(10)20(22)23)16-19-14(17(21)24-16)8-11-3-6-13(18)7-4-11/h2-9H,1H3/b14-8+. The Labute approximate surface area is 142 Å². The topological polar surface area (TPSA) is 81.8 Å². The van der Waals surface area contributed by atoms with E-state index in [4.69, 9.17) is 16.3 Å². The Morgan fingerprint density at radius 3 is 2.58 bits per heavy atom. The van der Waals surface area contributed by atoms with E-state index in [1.807, 2.05) is 0 Å². The number of benzene rings is 2. The average Bonchev–Trinajstić information content (AvgIpc) is 2.90. The molecule has 0 saturated heterocycles. The number of rotatable bonds is 3. The van der Waals surface area contributed by atoms with E-state index in [1.165, 1.54) is 6.07 Å². The highest BCUT2D eigenvalue weighted by molar-refractivity contribution is 6.30. The maximum atomic E-state index is 12.0. The fourth-order valence-electron chi connectivity index (χ4n) is 2.19. The Hall–Kier alpha value is -2.99. The van der Waals surface area contributed by atoms with Gasteiger partial charge < -0.3 is 4.74 Å². The molecule has 0 spiro atoms. The second-order valence-corrected chi connectivity index (χ2v) is 5.58. The minimum atomic E-state index is -0.608. The highest BCUT2D eigenvalue weighted by Gasteiger charge is 2.25. The zero-order chi connectivity index (χ0) is 17.3. The molecular weight excluding hydrogens is 332 g/mol. The number of hydrogen-bond acceptors (Lipinski definition) is 5. The van der Waals surface area contributed by atoms with Gasteiger partial charge in [0.2, 0.25) is 5.90 Å². The smallest absolute Gasteiger partial charge is 0.363 e. The minimum Gasteiger partial charge on any atom is -0.402 e. The predicted octanol–water partition coefficient (Wildman–Crippen LogP) is 3.90. The van der Waals surface area contributed by atoms with Crippen molar-refractivity contribution < 1.29 is 14.5 Å². The van der Waals surface area contributed by atoms with Crippen LogP contribution < -0.4 is 0 Å². The molecule has 0 radical (unpaired) electrons. The molecule has 24 heavy (non-hydrogen) atoms. The summed E-state index contributed by atoms with van der Waals surface area (Å²) < 4.78 is 5.12. The molecule has 0 aromatic heterocycles. The highest BCUT2D eigenvalue weighted by atomic mass is 35.5. The van der Waals surface area contributed by atoms with Gasteiger partial charge in [0.25, 0.3) is 5.69 Å². The van der Waals surface area contributed by atoms with E-state index >= 15 is 0 Å². The second kappa shape index (κ2) is 6.25. The first kappa shape index (κ1) is 15.9. The van der Waals surface area contributed by atoms with Gasteiger partial charge in [-0.25, -0.2) is 9.79 Å². The van der Waals surface area contributed by atoms with Crippen LogP contribution in [0.3, 0.4) is 0 Å². The third-order valence-corrected chi connectivity index (χ3v) is 3.70. The summed E-state index contributed by atoms with van der Waals surface area (Å²) in [7, 11) is 0. The van der Waals surface area contributed by atoms with Crippen molar-refractivity contribution >= 4 is 35.2 Å². The minimum absolute atomic E-state index is 0.0447. The number of halogens is 1. The summed E-state index contributed by atoms with van der Waals surface area (Å²) in [5.41, 5.74) is 1.70. The maximum absolute atomic E-state index is 12.0. The number of carbonyl (C=O) groups excluding carboxylic acids is 1. The lowest BCUT2D eigenvalue weighted by Crippen LogP contribution is -2.06. The van der Waals surface area contributed by atoms with Gasteiger partial charge in [0.05, 0.1) is 4.92 Å². The van der Waals surface area contributed by atoms with E-state index in [-0.39, 0.29) is 17.3 Å². The Morgan fingerprint density at radius 1 is 1.21 bits per heavy atom. The lowest BCUT2D eigenvalue weighted by atomic mass is 10.1. The summed E-state index contributed by atoms with van der Waals surface area (Å²) in [5.74, 6) is -0.563. The molecule has 0 bridgehead atoms. The van der Waals surface area contributed by atoms with Crippen molar-refractivity contribution in [1.29, 1.82) is 0 Å². The van der Waals surface area contributed by atoms with Crippen molar-refractivity contribution in [1.82, 2.24) is 0 Å². The van der Waals surface area contributed by atoms with Crippen LogP contribution in [0.15, 0.2) is 53.2 Å². The first-order valence-corrected chi connectivity index (χ1v) is 7.35. The normalized spacial score (nSPS) is 15.3. The molecule has 3 rings (SSSR count). The van der Waals surface area contributed by atoms with Crippen LogP contribution in [0.2, 0.25) is 5.02 Å². The van der Waals surface area contributed by atoms with E-state index in [1.54, 1.807) is 49.4 Å². The molecule has 0 atom stereocenters. The van der Waals surface area contributed by atoms with Crippen molar-refractivity contribution in [3.05, 3.63) is 80.0 Å². The molecule has 1 aliphatic heterocycles. The Balaban J connectivity index is 1.96. The number of cyclic esters (lactones) is 1. The van der Waals surface area contributed by atoms with Crippen LogP contribution >= 0.6 is 11.6 Å². The Morgan fingerprint density at radius 2 is 1.92 bits per heavy atom. The van der Waals surface area contributed by atoms with Crippen molar-refractivity contribution in [3.8, 4) is 0 Å². The van der Waals surface area contributed by atoms with Gasteiger partial charge in [0.1, 0.15) is 0 Å². The number of nitro groups is 1. The van der Waals surface area contributed by atoms with Gasteiger partial charge in [0, 0.05) is 22.2 Å². The number of nitro benzene ring substituents is 1. The Kier molecular flexibility index (Phi) is 4.14. The number of ether oxygens (including phenoxy) is 1. The number of aryl methyl sites for hydroxylation is 1. The first-order chi connectivity index (χ1) is 11.4. The summed E-state index contributed by atoms with van der Waals surface area (Å²) >= 11 is 5.82. The summed E-state index contributed by atoms with van der Waals surface area (Å²) in [6.45, 7) is 1.64. The van der Waals surface area contributed by atoms with Gasteiger partial charge >= 0.3 is 5.97 Å². The fraction of sp³-hybridized carbons (Fsp3) is 0.0588. The molecule has 0 saturated carbocycles. The van der Waals surface area contributed by atoms with Crippen molar-refractivity contribution in [2.45, 2.75) is 6.92 Å². The number of aliphatic imine (C=N–C) groups is 1. The van der Waals surface area contributed by atoms with Crippen LogP contribution in [0.1, 0.15) is 16.7 Å². The van der Waals surface area contributed by atoms with Gasteiger partial charge in [-0.2, -0.15) is 0 Å². The van der Waals surface area contributed by atoms with Gasteiger partial charge in [-0.3, -0.25) is 10.1 Å². The zero-order valence-electron chi connectivity index (χ0n) is 12.5. The predicted molar refractivity (Wildman–Crippen MR) is 89.9 cm³/mol. The zero-order valence-corrected chi connectivity index (χ0v) is 13.3. The summed E-state index contributed by atoms with van der Waals surface area (Å²) in [4.78, 5) is 26.6. The fourth-order valence-corrected chi connectivity index (χ4v) is 2.31. The summed E-state index contributed by atoms with van der Waals surface area (Å²) in [5, 5.41) is 11.6. The number of hydrogen-bond donors (Lipinski definition) is 0. The lowest BCUT2D eigenvalue weighted by molar-refractivity contribution is -0.385. The third kappa shape index (κ3) is 3.18. The molecule has 0 fully saturated rings. The first-order valence-electron chi connectivity index (χ1n) is 6.97. The van der Waals surface area contributed by atoms with Gasteiger partial charge in [-0.05, 0) is 36.8 Å². The van der Waals surface area contributed by atoms with Gasteiger partial charge in [0.15, 0.2) is 5.70 Å². The van der Waals surface area contributed by atoms with Crippen molar-refractivity contribution in [2.24, 2.45) is 4.99 Å². The second-order valence-electron chi connectivity index (χ2n) is 5.15. The van der Waals surface area contributed by atoms with E-state index in [2.05, 4.69) is 4.99 Å². The largest absolute Gasteiger partial charge is 0.402 e. The van der Waals surface area contributed by atoms with Gasteiger partial charge in [-0.1, -0.05) is 29.8 Å². The molecule has 0 aliphatic carbocycles. The van der Waals surface area contributed by atoms with E-state index in [0.717, 1.165) is 5.56 Å². The molecule has 0 N–H and O–H groups in total. The van der Waals surface area contributed by atoms with Crippen molar-refractivity contribution in [3.63, 3.8) is 0 Å². The summed E-state index contributed by atoms with van der Waals surface area (Å²) in [6, 6.07) is 11.4. The van der Waals surface area contributed by atoms with Crippen LogP contribution in [-0.2, 0) is 9.53 Å². The molecule has 1 heterocycles. The molecular formula is C17H11ClN2O4. The quantitative estimate of drug-likeness (QED) is 0.366. The van der Waals surface area contributed by atoms with Crippen molar-refractivity contribution in [2.75, 3.05) is 0 Å². The average molecular weight is 343 g/mol. The lowest BCUT2D eigenvalue weighted by Gasteiger charge is -2.01. The molecule has 2 aromatic rings. The number of carbonyl (C=O) groups is 1. The maximum Gasteiger partial charge on any atom is 0.363 e. The SMILES string of the molecule is Cc1ccc(C2=N/C(=C/c3ccc(Cl)cc3)C(=O)O2)cc1[N+](=O)[O-]. The number of esters is 1. The molecule has 0 amide bonds. The third-order valence-electron chi connectivity index (χ3n) is 3.45. The summed E-state index contributed by atoms with van der Waals surface area (Å²) in [6.07, 6.45) is 1.56. The van der Waals surface area contributed by atoms with Crippen LogP contribution in [-0.4, -0.2) is 16.8 Å². The van der Waals surface area contributed by atoms with E-state index in [9.17, 15) is 14.9 Å². The van der Waals surface area contributed by atoms with E-state index in [0.29, 0.717) is 16.1 Å². The van der Waals surface area contributed by atoms with Gasteiger partial charge in [-0.15, -0.1) is 0 Å². The molecule has 7 heteroatoms. The molecule has 0 unspecified atom stereocenters. The van der Waals surface area contributed by atoms with Crippen LogP contribution in [0.25, 0.3) is 6.08 Å².